The van der Waals surface area contributed by atoms with Crippen molar-refractivity contribution in [3.8, 4) is 0 Å². The van der Waals surface area contributed by atoms with Crippen LogP contribution in [0, 0.1) is 5.92 Å². The summed E-state index contributed by atoms with van der Waals surface area (Å²) in [7, 11) is 0. The highest BCUT2D eigenvalue weighted by molar-refractivity contribution is 4.89. The van der Waals surface area contributed by atoms with Gasteiger partial charge in [-0.25, -0.2) is 0 Å². The summed E-state index contributed by atoms with van der Waals surface area (Å²) in [5.74, 6) is 1.05. The number of piperidine rings is 1. The van der Waals surface area contributed by atoms with Gasteiger partial charge in [0.05, 0.1) is 0 Å². The Kier molecular flexibility index (Phi) is 3.72. The predicted octanol–water partition coefficient (Wildman–Crippen LogP) is 2.78. The molecule has 0 radical (unpaired) electrons. The number of likely N-dealkylation sites (tertiary alicyclic amines) is 1. The average molecular weight is 236 g/mol. The largest absolute Gasteiger partial charge is 0.311 e. The van der Waals surface area contributed by atoms with E-state index in [1.54, 1.807) is 0 Å². The fraction of sp³-hybridized carbons (Fsp3) is 1.00. The summed E-state index contributed by atoms with van der Waals surface area (Å²) < 4.78 is 0. The first-order chi connectivity index (χ1) is 8.31. The van der Waals surface area contributed by atoms with E-state index >= 15 is 0 Å². The van der Waals surface area contributed by atoms with E-state index in [0.29, 0.717) is 0 Å². The number of nitrogens with zero attached hydrogens (tertiary/aromatic N) is 1. The van der Waals surface area contributed by atoms with Crippen LogP contribution < -0.4 is 5.32 Å². The molecule has 17 heavy (non-hydrogen) atoms. The second kappa shape index (κ2) is 5.27. The highest BCUT2D eigenvalue weighted by Gasteiger charge is 2.32. The minimum absolute atomic E-state index is 0.748. The number of nitrogens with one attached hydrogen (secondary N) is 1. The summed E-state index contributed by atoms with van der Waals surface area (Å²) in [6.07, 6.45) is 11.6. The fourth-order valence-corrected chi connectivity index (χ4v) is 3.57. The van der Waals surface area contributed by atoms with Crippen LogP contribution in [0.4, 0.5) is 0 Å². The Labute approximate surface area is 106 Å². The molecular formula is C15H28N2. The summed E-state index contributed by atoms with van der Waals surface area (Å²) in [6.45, 7) is 5.09. The molecule has 2 nitrogen and oxygen atoms in total. The van der Waals surface area contributed by atoms with Crippen molar-refractivity contribution >= 4 is 0 Å². The van der Waals surface area contributed by atoms with E-state index in [0.717, 1.165) is 24.0 Å². The maximum Gasteiger partial charge on any atom is 0.00964 e. The van der Waals surface area contributed by atoms with Crippen molar-refractivity contribution in [2.24, 2.45) is 5.92 Å². The van der Waals surface area contributed by atoms with Crippen molar-refractivity contribution in [1.29, 1.82) is 0 Å². The Bertz CT molecular complexity index is 237. The zero-order valence-electron chi connectivity index (χ0n) is 11.3. The molecule has 0 aromatic heterocycles. The van der Waals surface area contributed by atoms with Gasteiger partial charge in [-0.1, -0.05) is 19.3 Å². The summed E-state index contributed by atoms with van der Waals surface area (Å²) in [4.78, 5) is 2.72. The molecule has 1 atom stereocenters. The first-order valence-corrected chi connectivity index (χ1v) is 7.81. The van der Waals surface area contributed by atoms with Gasteiger partial charge in [-0.2, -0.15) is 0 Å². The normalized spacial score (nSPS) is 30.2. The first kappa shape index (κ1) is 12.0. The minimum Gasteiger partial charge on any atom is -0.311 e. The molecule has 2 heteroatoms. The van der Waals surface area contributed by atoms with E-state index in [1.807, 2.05) is 0 Å². The molecular weight excluding hydrogens is 208 g/mol. The van der Waals surface area contributed by atoms with Crippen LogP contribution in [0.1, 0.15) is 58.3 Å². The van der Waals surface area contributed by atoms with E-state index in [4.69, 9.17) is 0 Å². The molecule has 0 aromatic carbocycles. The molecule has 2 saturated carbocycles. The molecule has 0 aromatic rings. The Morgan fingerprint density at radius 2 is 1.76 bits per heavy atom. The lowest BCUT2D eigenvalue weighted by Crippen LogP contribution is -2.46. The van der Waals surface area contributed by atoms with Crippen molar-refractivity contribution in [3.05, 3.63) is 0 Å². The van der Waals surface area contributed by atoms with Gasteiger partial charge in [0.25, 0.3) is 0 Å². The van der Waals surface area contributed by atoms with Gasteiger partial charge in [0.15, 0.2) is 0 Å². The Hall–Kier alpha value is -0.0800. The maximum atomic E-state index is 3.87. The molecule has 3 fully saturated rings. The predicted molar refractivity (Wildman–Crippen MR) is 72.2 cm³/mol. The second-order valence-electron chi connectivity index (χ2n) is 6.64. The van der Waals surface area contributed by atoms with E-state index in [-0.39, 0.29) is 0 Å². The molecule has 1 N–H and O–H groups in total. The summed E-state index contributed by atoms with van der Waals surface area (Å²) >= 11 is 0. The Morgan fingerprint density at radius 3 is 2.29 bits per heavy atom. The second-order valence-corrected chi connectivity index (χ2v) is 6.64. The van der Waals surface area contributed by atoms with Crippen LogP contribution in [0.3, 0.4) is 0 Å². The molecule has 1 heterocycles. The fourth-order valence-electron chi connectivity index (χ4n) is 3.57. The third kappa shape index (κ3) is 3.23. The SMILES string of the molecule is CC(CC1CCC1)NC1CCN(C2CC2)CC1. The highest BCUT2D eigenvalue weighted by atomic mass is 15.2. The summed E-state index contributed by atoms with van der Waals surface area (Å²) in [6, 6.07) is 2.53. The van der Waals surface area contributed by atoms with E-state index < -0.39 is 0 Å². The number of hydrogen-bond donors (Lipinski definition) is 1. The third-order valence-corrected chi connectivity index (χ3v) is 5.02. The van der Waals surface area contributed by atoms with Gasteiger partial charge in [0.1, 0.15) is 0 Å². The van der Waals surface area contributed by atoms with Crippen LogP contribution in [0.2, 0.25) is 0 Å². The van der Waals surface area contributed by atoms with Gasteiger partial charge in [-0.15, -0.1) is 0 Å². The molecule has 0 amide bonds. The van der Waals surface area contributed by atoms with Gasteiger partial charge >= 0.3 is 0 Å². The van der Waals surface area contributed by atoms with Crippen molar-refractivity contribution in [2.45, 2.75) is 76.4 Å². The van der Waals surface area contributed by atoms with Crippen LogP contribution in [0.5, 0.6) is 0 Å². The monoisotopic (exact) mass is 236 g/mol. The lowest BCUT2D eigenvalue weighted by molar-refractivity contribution is 0.175. The molecule has 2 aliphatic carbocycles. The van der Waals surface area contributed by atoms with Crippen molar-refractivity contribution in [3.63, 3.8) is 0 Å². The Morgan fingerprint density at radius 1 is 1.06 bits per heavy atom. The average Bonchev–Trinajstić information content (AvgIpc) is 3.09. The molecule has 0 bridgehead atoms. The molecule has 3 rings (SSSR count). The molecule has 1 aliphatic heterocycles. The van der Waals surface area contributed by atoms with E-state index in [2.05, 4.69) is 17.1 Å². The zero-order valence-corrected chi connectivity index (χ0v) is 11.3. The van der Waals surface area contributed by atoms with E-state index in [1.165, 1.54) is 64.5 Å². The van der Waals surface area contributed by atoms with Gasteiger partial charge in [-0.3, -0.25) is 0 Å². The molecule has 1 saturated heterocycles. The van der Waals surface area contributed by atoms with Gasteiger partial charge in [0.2, 0.25) is 0 Å². The van der Waals surface area contributed by atoms with Crippen molar-refractivity contribution in [1.82, 2.24) is 10.2 Å². The highest BCUT2D eigenvalue weighted by Crippen LogP contribution is 2.31. The molecule has 0 spiro atoms. The topological polar surface area (TPSA) is 15.3 Å². The third-order valence-electron chi connectivity index (χ3n) is 5.02. The van der Waals surface area contributed by atoms with Gasteiger partial charge in [0, 0.05) is 18.1 Å². The van der Waals surface area contributed by atoms with Crippen LogP contribution in [0.25, 0.3) is 0 Å². The van der Waals surface area contributed by atoms with Crippen LogP contribution in [0.15, 0.2) is 0 Å². The first-order valence-electron chi connectivity index (χ1n) is 7.81. The van der Waals surface area contributed by atoms with E-state index in [9.17, 15) is 0 Å². The zero-order chi connectivity index (χ0) is 11.7. The number of hydrogen-bond acceptors (Lipinski definition) is 2. The quantitative estimate of drug-likeness (QED) is 0.789. The minimum atomic E-state index is 0.748. The summed E-state index contributed by atoms with van der Waals surface area (Å²) in [5, 5.41) is 3.87. The standard InChI is InChI=1S/C15H28N2/c1-12(11-13-3-2-4-13)16-14-7-9-17(10-8-14)15-5-6-15/h12-16H,2-11H2,1H3. The lowest BCUT2D eigenvalue weighted by Gasteiger charge is -2.35. The summed E-state index contributed by atoms with van der Waals surface area (Å²) in [5.41, 5.74) is 0. The Balaban J connectivity index is 1.34. The molecule has 3 aliphatic rings. The van der Waals surface area contributed by atoms with Crippen LogP contribution in [-0.2, 0) is 0 Å². The van der Waals surface area contributed by atoms with Crippen LogP contribution in [-0.4, -0.2) is 36.1 Å². The lowest BCUT2D eigenvalue weighted by atomic mass is 9.81. The smallest absolute Gasteiger partial charge is 0.00964 e. The van der Waals surface area contributed by atoms with Crippen LogP contribution >= 0.6 is 0 Å². The molecule has 98 valence electrons. The van der Waals surface area contributed by atoms with Crippen molar-refractivity contribution in [2.75, 3.05) is 13.1 Å². The maximum absolute atomic E-state index is 3.87. The van der Waals surface area contributed by atoms with Gasteiger partial charge in [-0.05, 0) is 58.0 Å². The number of rotatable bonds is 5. The molecule has 1 unspecified atom stereocenters. The van der Waals surface area contributed by atoms with Crippen molar-refractivity contribution < 1.29 is 0 Å². The van der Waals surface area contributed by atoms with Gasteiger partial charge < -0.3 is 10.2 Å².